The quantitative estimate of drug-likeness (QED) is 0.277. The average Bonchev–Trinajstić information content (AvgIpc) is 3.51. The van der Waals surface area contributed by atoms with Gasteiger partial charge in [-0.1, -0.05) is 24.3 Å². The van der Waals surface area contributed by atoms with Gasteiger partial charge in [-0.05, 0) is 44.2 Å². The van der Waals surface area contributed by atoms with Gasteiger partial charge in [0, 0.05) is 37.7 Å². The Balaban J connectivity index is 1.02. The van der Waals surface area contributed by atoms with E-state index in [1.165, 1.54) is 0 Å². The molecule has 2 atom stereocenters. The molecule has 224 valence electrons. The van der Waals surface area contributed by atoms with Crippen LogP contribution in [-0.2, 0) is 0 Å². The number of ether oxygens (including phenoxy) is 4. The van der Waals surface area contributed by atoms with Gasteiger partial charge in [0.05, 0.1) is 62.0 Å². The summed E-state index contributed by atoms with van der Waals surface area (Å²) >= 11 is 0. The van der Waals surface area contributed by atoms with Crippen molar-refractivity contribution in [3.63, 3.8) is 0 Å². The lowest BCUT2D eigenvalue weighted by atomic mass is 10.1. The Bertz CT molecular complexity index is 1430. The van der Waals surface area contributed by atoms with Crippen LogP contribution in [0.5, 0.6) is 23.0 Å². The zero-order valence-electron chi connectivity index (χ0n) is 24.6. The predicted molar refractivity (Wildman–Crippen MR) is 164 cm³/mol. The van der Waals surface area contributed by atoms with Crippen LogP contribution in [-0.4, -0.2) is 86.6 Å². The first-order chi connectivity index (χ1) is 20.9. The molecule has 6 rings (SSSR count). The summed E-state index contributed by atoms with van der Waals surface area (Å²) in [6.45, 7) is 10.1. The molecule has 43 heavy (non-hydrogen) atoms. The van der Waals surface area contributed by atoms with Gasteiger partial charge < -0.3 is 28.7 Å². The summed E-state index contributed by atoms with van der Waals surface area (Å²) in [6, 6.07) is 6.86. The number of nitrogens with zero attached hydrogens (tertiary/aromatic N) is 4. The van der Waals surface area contributed by atoms with Crippen LogP contribution >= 0.6 is 0 Å². The molecule has 10 nitrogen and oxygen atoms in total. The van der Waals surface area contributed by atoms with Crippen molar-refractivity contribution in [2.24, 2.45) is 9.98 Å². The molecule has 4 aliphatic heterocycles. The molecule has 0 radical (unpaired) electrons. The number of benzene rings is 2. The number of amides is 2. The Morgan fingerprint density at radius 3 is 1.56 bits per heavy atom. The van der Waals surface area contributed by atoms with Crippen LogP contribution in [0.3, 0.4) is 0 Å². The van der Waals surface area contributed by atoms with Gasteiger partial charge in [0.25, 0.3) is 11.8 Å². The molecule has 2 aromatic rings. The van der Waals surface area contributed by atoms with Crippen LogP contribution in [0.15, 0.2) is 58.6 Å². The Labute approximate surface area is 251 Å². The minimum Gasteiger partial charge on any atom is -0.493 e. The van der Waals surface area contributed by atoms with Gasteiger partial charge >= 0.3 is 0 Å². The van der Waals surface area contributed by atoms with Crippen LogP contribution < -0.4 is 18.9 Å². The molecule has 2 fully saturated rings. The molecular weight excluding hydrogens is 548 g/mol. The lowest BCUT2D eigenvalue weighted by Crippen LogP contribution is -2.35. The molecule has 4 heterocycles. The smallest absolute Gasteiger partial charge is 0.257 e. The lowest BCUT2D eigenvalue weighted by Gasteiger charge is -2.20. The second kappa shape index (κ2) is 11.9. The highest BCUT2D eigenvalue weighted by atomic mass is 16.5. The number of methoxy groups -OCH3 is 2. The summed E-state index contributed by atoms with van der Waals surface area (Å²) in [6.07, 6.45) is 7.57. The van der Waals surface area contributed by atoms with E-state index in [0.29, 0.717) is 71.8 Å². The van der Waals surface area contributed by atoms with Crippen molar-refractivity contribution >= 4 is 35.6 Å². The second-order valence-electron chi connectivity index (χ2n) is 11.3. The zero-order valence-corrected chi connectivity index (χ0v) is 24.6. The van der Waals surface area contributed by atoms with E-state index in [2.05, 4.69) is 23.1 Å². The van der Waals surface area contributed by atoms with E-state index in [0.717, 1.165) is 43.3 Å². The van der Waals surface area contributed by atoms with Crippen molar-refractivity contribution in [3.8, 4) is 23.0 Å². The Morgan fingerprint density at radius 1 is 0.698 bits per heavy atom. The minimum absolute atomic E-state index is 0.0652. The summed E-state index contributed by atoms with van der Waals surface area (Å²) in [5.74, 6) is 1.98. The number of hydrogen-bond donors (Lipinski definition) is 0. The van der Waals surface area contributed by atoms with Gasteiger partial charge in [0.15, 0.2) is 23.0 Å². The molecule has 1 unspecified atom stereocenters. The number of unbranched alkanes of at least 4 members (excludes halogenated alkanes) is 2. The highest BCUT2D eigenvalue weighted by Gasteiger charge is 2.35. The van der Waals surface area contributed by atoms with Crippen LogP contribution in [0.1, 0.15) is 52.8 Å². The number of rotatable bonds is 10. The van der Waals surface area contributed by atoms with Crippen molar-refractivity contribution in [1.29, 1.82) is 0 Å². The van der Waals surface area contributed by atoms with Gasteiger partial charge in [-0.2, -0.15) is 0 Å². The third-order valence-electron chi connectivity index (χ3n) is 8.21. The van der Waals surface area contributed by atoms with Gasteiger partial charge in [-0.3, -0.25) is 19.6 Å². The van der Waals surface area contributed by atoms with E-state index in [1.807, 2.05) is 12.4 Å². The molecule has 2 amide bonds. The number of hydrogen-bond acceptors (Lipinski definition) is 8. The first-order valence-corrected chi connectivity index (χ1v) is 14.6. The molecule has 10 heteroatoms. The molecule has 2 aromatic carbocycles. The predicted octanol–water partition coefficient (Wildman–Crippen LogP) is 5.31. The topological polar surface area (TPSA) is 102 Å². The number of aliphatic imine (C=N–C) groups is 2. The number of carbonyl (C=O) groups excluding carboxylic acids is 2. The molecule has 0 aliphatic carbocycles. The van der Waals surface area contributed by atoms with E-state index >= 15 is 0 Å². The zero-order chi connectivity index (χ0) is 30.1. The first kappa shape index (κ1) is 28.5. The fraction of sp³-hybridized carbons (Fsp3) is 0.394. The summed E-state index contributed by atoms with van der Waals surface area (Å²) in [4.78, 5) is 39.1. The Kier molecular flexibility index (Phi) is 7.92. The molecule has 0 saturated carbocycles. The van der Waals surface area contributed by atoms with Crippen molar-refractivity contribution in [3.05, 3.63) is 59.7 Å². The van der Waals surface area contributed by atoms with Gasteiger partial charge in [0.2, 0.25) is 0 Å². The summed E-state index contributed by atoms with van der Waals surface area (Å²) in [5.41, 5.74) is 4.23. The van der Waals surface area contributed by atoms with E-state index in [-0.39, 0.29) is 23.9 Å². The third kappa shape index (κ3) is 5.61. The van der Waals surface area contributed by atoms with Crippen LogP contribution in [0.2, 0.25) is 0 Å². The minimum atomic E-state index is -0.0721. The largest absolute Gasteiger partial charge is 0.493 e. The number of fused-ring (bicyclic) bond motifs is 4. The first-order valence-electron chi connectivity index (χ1n) is 14.6. The second-order valence-corrected chi connectivity index (χ2v) is 11.3. The fourth-order valence-electron chi connectivity index (χ4n) is 5.96. The third-order valence-corrected chi connectivity index (χ3v) is 8.21. The van der Waals surface area contributed by atoms with Crippen molar-refractivity contribution in [2.75, 3.05) is 40.5 Å². The van der Waals surface area contributed by atoms with Gasteiger partial charge in [-0.15, -0.1) is 0 Å². The van der Waals surface area contributed by atoms with Crippen molar-refractivity contribution < 1.29 is 28.5 Å². The standard InChI is InChI=1S/C33H36N4O6/c1-20-10-22-16-34-26-14-30(28(40-3)12-24(26)32(38)36(22)18-20)42-8-6-5-7-9-43-31-15-27-25(13-29(31)41-4)33(39)37-19-21(2)11-23(37)17-35-27/h12-17,22-23H,1-2,5-11,18-19H2,3-4H3/t22-,23?/m0/s1. The Morgan fingerprint density at radius 2 is 1.14 bits per heavy atom. The van der Waals surface area contributed by atoms with E-state index in [1.54, 1.807) is 48.3 Å². The van der Waals surface area contributed by atoms with E-state index in [4.69, 9.17) is 18.9 Å². The maximum atomic E-state index is 13.2. The Hall–Kier alpha value is -4.60. The summed E-state index contributed by atoms with van der Waals surface area (Å²) in [7, 11) is 3.13. The van der Waals surface area contributed by atoms with E-state index < -0.39 is 0 Å². The fourth-order valence-corrected chi connectivity index (χ4v) is 5.96. The SMILES string of the molecule is C=C1CC2C=Nc3cc(OCCCCCOc4cc5c(cc4OC)C(=O)N4CC(=C)C[C@H]4C=N5)c(OC)cc3C(=O)N2C1. The molecule has 0 N–H and O–H groups in total. The monoisotopic (exact) mass is 584 g/mol. The number of carbonyl (C=O) groups is 2. The van der Waals surface area contributed by atoms with E-state index in [9.17, 15) is 9.59 Å². The molecule has 0 bridgehead atoms. The maximum Gasteiger partial charge on any atom is 0.257 e. The van der Waals surface area contributed by atoms with Gasteiger partial charge in [-0.25, -0.2) is 0 Å². The average molecular weight is 585 g/mol. The molecule has 2 saturated heterocycles. The normalized spacial score (nSPS) is 20.3. The van der Waals surface area contributed by atoms with Crippen molar-refractivity contribution in [2.45, 2.75) is 44.2 Å². The van der Waals surface area contributed by atoms with Crippen molar-refractivity contribution in [1.82, 2.24) is 9.80 Å². The van der Waals surface area contributed by atoms with Gasteiger partial charge in [0.1, 0.15) is 0 Å². The molecular formula is C33H36N4O6. The molecule has 0 aromatic heterocycles. The highest BCUT2D eigenvalue weighted by Crippen LogP contribution is 2.40. The molecule has 4 aliphatic rings. The maximum absolute atomic E-state index is 13.2. The highest BCUT2D eigenvalue weighted by molar-refractivity contribution is 6.04. The summed E-state index contributed by atoms with van der Waals surface area (Å²) < 4.78 is 23.2. The van der Waals surface area contributed by atoms with Crippen LogP contribution in [0, 0.1) is 0 Å². The molecule has 0 spiro atoms. The summed E-state index contributed by atoms with van der Waals surface area (Å²) in [5, 5.41) is 0. The lowest BCUT2D eigenvalue weighted by molar-refractivity contribution is 0.0769. The van der Waals surface area contributed by atoms with Crippen LogP contribution in [0.4, 0.5) is 11.4 Å². The van der Waals surface area contributed by atoms with Crippen LogP contribution in [0.25, 0.3) is 0 Å².